The summed E-state index contributed by atoms with van der Waals surface area (Å²) in [4.78, 5) is 31.7. The Labute approximate surface area is 217 Å². The lowest BCUT2D eigenvalue weighted by atomic mass is 10.1. The Kier molecular flexibility index (Phi) is 6.60. The van der Waals surface area contributed by atoms with Crippen LogP contribution in [0.15, 0.2) is 55.0 Å². The summed E-state index contributed by atoms with van der Waals surface area (Å²) >= 11 is 0. The van der Waals surface area contributed by atoms with Crippen LogP contribution in [-0.4, -0.2) is 36.5 Å². The second-order valence-electron chi connectivity index (χ2n) is 9.15. The lowest BCUT2D eigenvalue weighted by Gasteiger charge is -2.18. The third-order valence-corrected chi connectivity index (χ3v) is 6.36. The minimum atomic E-state index is -4.52. The number of aromatic nitrogens is 5. The highest BCUT2D eigenvalue weighted by Crippen LogP contribution is 2.34. The van der Waals surface area contributed by atoms with Gasteiger partial charge in [-0.05, 0) is 31.0 Å². The SMILES string of the molecule is CCC(C)Oc1ncccc1-c1ncc2c(n1)N(Cc1ccc(-c3nc(C(F)(F)F)cn3C)cc1)C(=O)C2. The number of aryl methyl sites for hydroxylation is 1. The molecule has 4 aromatic rings. The molecular weight excluding hydrogens is 497 g/mol. The van der Waals surface area contributed by atoms with E-state index in [9.17, 15) is 18.0 Å². The number of fused-ring (bicyclic) bond motifs is 1. The number of hydrogen-bond donors (Lipinski definition) is 0. The summed E-state index contributed by atoms with van der Waals surface area (Å²) in [7, 11) is 1.52. The molecule has 0 saturated heterocycles. The van der Waals surface area contributed by atoms with Crippen LogP contribution in [0.2, 0.25) is 0 Å². The number of carbonyl (C=O) groups excluding carboxylic acids is 1. The lowest BCUT2D eigenvalue weighted by molar-refractivity contribution is -0.140. The molecule has 38 heavy (non-hydrogen) atoms. The number of benzene rings is 1. The third kappa shape index (κ3) is 4.96. The fourth-order valence-electron chi connectivity index (χ4n) is 4.17. The first-order chi connectivity index (χ1) is 18.1. The van der Waals surface area contributed by atoms with Crippen molar-refractivity contribution in [1.29, 1.82) is 0 Å². The molecule has 4 heterocycles. The average molecular weight is 523 g/mol. The van der Waals surface area contributed by atoms with E-state index in [4.69, 9.17) is 9.72 Å². The van der Waals surface area contributed by atoms with Crippen molar-refractivity contribution in [3.05, 3.63) is 71.8 Å². The molecule has 3 aromatic heterocycles. The van der Waals surface area contributed by atoms with E-state index in [2.05, 4.69) is 15.0 Å². The smallest absolute Gasteiger partial charge is 0.434 e. The summed E-state index contributed by atoms with van der Waals surface area (Å²) in [5, 5.41) is 0. The molecule has 1 atom stereocenters. The van der Waals surface area contributed by atoms with Crippen molar-refractivity contribution < 1.29 is 22.7 Å². The van der Waals surface area contributed by atoms with E-state index in [0.29, 0.717) is 28.6 Å². The van der Waals surface area contributed by atoms with Gasteiger partial charge in [-0.15, -0.1) is 0 Å². The van der Waals surface area contributed by atoms with Gasteiger partial charge in [0.2, 0.25) is 11.8 Å². The standard InChI is InChI=1S/C27H25F3N6O2/c1-4-16(2)38-26-20(6-5-11-31-26)23-32-13-19-12-22(37)36(25(19)34-23)14-17-7-9-18(10-8-17)24-33-21(15-35(24)3)27(28,29)30/h5-11,13,15-16H,4,12,14H2,1-3H3. The van der Waals surface area contributed by atoms with Crippen LogP contribution in [0.1, 0.15) is 37.1 Å². The predicted octanol–water partition coefficient (Wildman–Crippen LogP) is 5.22. The number of pyridine rings is 1. The number of amides is 1. The van der Waals surface area contributed by atoms with Gasteiger partial charge in [-0.3, -0.25) is 9.69 Å². The molecule has 196 valence electrons. The van der Waals surface area contributed by atoms with Crippen molar-refractivity contribution in [2.45, 2.75) is 45.5 Å². The molecule has 0 bridgehead atoms. The quantitative estimate of drug-likeness (QED) is 0.331. The minimum Gasteiger partial charge on any atom is -0.474 e. The Morgan fingerprint density at radius 3 is 2.55 bits per heavy atom. The van der Waals surface area contributed by atoms with Crippen LogP contribution in [0.5, 0.6) is 5.88 Å². The maximum Gasteiger partial charge on any atom is 0.434 e. The number of imidazole rings is 1. The van der Waals surface area contributed by atoms with Crippen LogP contribution in [-0.2, 0) is 31.0 Å². The molecule has 0 radical (unpaired) electrons. The fraction of sp³-hybridized carbons (Fsp3) is 0.296. The normalized spacial score (nSPS) is 14.1. The van der Waals surface area contributed by atoms with Crippen LogP contribution < -0.4 is 9.64 Å². The first-order valence-electron chi connectivity index (χ1n) is 12.1. The zero-order chi connectivity index (χ0) is 27.0. The molecule has 0 N–H and O–H groups in total. The molecule has 11 heteroatoms. The van der Waals surface area contributed by atoms with E-state index in [1.165, 1.54) is 11.6 Å². The van der Waals surface area contributed by atoms with Crippen LogP contribution in [0.25, 0.3) is 22.8 Å². The van der Waals surface area contributed by atoms with Gasteiger partial charge in [0.1, 0.15) is 11.6 Å². The number of nitrogens with zero attached hydrogens (tertiary/aromatic N) is 6. The molecule has 5 rings (SSSR count). The molecular formula is C27H25F3N6O2. The van der Waals surface area contributed by atoms with Crippen molar-refractivity contribution in [2.24, 2.45) is 7.05 Å². The van der Waals surface area contributed by atoms with Gasteiger partial charge in [-0.2, -0.15) is 13.2 Å². The van der Waals surface area contributed by atoms with Crippen molar-refractivity contribution in [1.82, 2.24) is 24.5 Å². The molecule has 8 nitrogen and oxygen atoms in total. The Hall–Kier alpha value is -4.28. The monoisotopic (exact) mass is 522 g/mol. The first kappa shape index (κ1) is 25.4. The lowest BCUT2D eigenvalue weighted by Crippen LogP contribution is -2.26. The molecule has 1 aliphatic rings. The van der Waals surface area contributed by atoms with Crippen molar-refractivity contribution in [3.8, 4) is 28.7 Å². The topological polar surface area (TPSA) is 86.0 Å². The van der Waals surface area contributed by atoms with Gasteiger partial charge >= 0.3 is 6.18 Å². The number of alkyl halides is 3. The Balaban J connectivity index is 1.40. The largest absolute Gasteiger partial charge is 0.474 e. The van der Waals surface area contributed by atoms with Gasteiger partial charge in [0.15, 0.2) is 11.5 Å². The molecule has 1 amide bonds. The number of ether oxygens (including phenoxy) is 1. The first-order valence-corrected chi connectivity index (χ1v) is 12.1. The van der Waals surface area contributed by atoms with E-state index in [-0.39, 0.29) is 30.8 Å². The van der Waals surface area contributed by atoms with Gasteiger partial charge in [-0.1, -0.05) is 31.2 Å². The van der Waals surface area contributed by atoms with Crippen LogP contribution in [0.3, 0.4) is 0 Å². The Morgan fingerprint density at radius 1 is 1.11 bits per heavy atom. The molecule has 1 aromatic carbocycles. The highest BCUT2D eigenvalue weighted by molar-refractivity contribution is 6.00. The summed E-state index contributed by atoms with van der Waals surface area (Å²) in [6, 6.07) is 10.5. The number of rotatable bonds is 7. The van der Waals surface area contributed by atoms with Gasteiger partial charge in [0, 0.05) is 36.8 Å². The number of halogens is 3. The maximum absolute atomic E-state index is 13.0. The highest BCUT2D eigenvalue weighted by atomic mass is 19.4. The molecule has 0 spiro atoms. The van der Waals surface area contributed by atoms with Crippen molar-refractivity contribution in [3.63, 3.8) is 0 Å². The fourth-order valence-corrected chi connectivity index (χ4v) is 4.17. The van der Waals surface area contributed by atoms with Gasteiger partial charge in [0.05, 0.1) is 24.6 Å². The third-order valence-electron chi connectivity index (χ3n) is 6.36. The summed E-state index contributed by atoms with van der Waals surface area (Å²) in [6.45, 7) is 4.22. The summed E-state index contributed by atoms with van der Waals surface area (Å²) in [5.41, 5.74) is 1.74. The number of hydrogen-bond acceptors (Lipinski definition) is 6. The summed E-state index contributed by atoms with van der Waals surface area (Å²) in [5.74, 6) is 1.44. The summed E-state index contributed by atoms with van der Waals surface area (Å²) in [6.07, 6.45) is 0.695. The van der Waals surface area contributed by atoms with Crippen LogP contribution in [0.4, 0.5) is 19.0 Å². The molecule has 0 fully saturated rings. The maximum atomic E-state index is 13.0. The Morgan fingerprint density at radius 2 is 1.87 bits per heavy atom. The van der Waals surface area contributed by atoms with E-state index >= 15 is 0 Å². The molecule has 0 aliphatic carbocycles. The van der Waals surface area contributed by atoms with E-state index < -0.39 is 11.9 Å². The van der Waals surface area contributed by atoms with Crippen molar-refractivity contribution >= 4 is 11.7 Å². The van der Waals surface area contributed by atoms with E-state index in [0.717, 1.165) is 23.7 Å². The van der Waals surface area contributed by atoms with Crippen LogP contribution >= 0.6 is 0 Å². The number of carbonyl (C=O) groups is 1. The van der Waals surface area contributed by atoms with E-state index in [1.54, 1.807) is 47.6 Å². The second kappa shape index (κ2) is 9.88. The number of anilines is 1. The second-order valence-corrected chi connectivity index (χ2v) is 9.15. The van der Waals surface area contributed by atoms with Gasteiger partial charge in [0.25, 0.3) is 0 Å². The molecule has 1 aliphatic heterocycles. The minimum absolute atomic E-state index is 0.0371. The van der Waals surface area contributed by atoms with Gasteiger partial charge < -0.3 is 9.30 Å². The Bertz CT molecular complexity index is 1480. The zero-order valence-electron chi connectivity index (χ0n) is 21.0. The van der Waals surface area contributed by atoms with Crippen molar-refractivity contribution in [2.75, 3.05) is 4.90 Å². The van der Waals surface area contributed by atoms with E-state index in [1.807, 2.05) is 19.9 Å². The zero-order valence-corrected chi connectivity index (χ0v) is 21.0. The average Bonchev–Trinajstić information content (AvgIpc) is 3.44. The molecule has 0 saturated carbocycles. The van der Waals surface area contributed by atoms with Crippen LogP contribution in [0, 0.1) is 0 Å². The molecule has 1 unspecified atom stereocenters. The summed E-state index contributed by atoms with van der Waals surface area (Å²) < 4.78 is 46.4. The predicted molar refractivity (Wildman–Crippen MR) is 134 cm³/mol. The van der Waals surface area contributed by atoms with Gasteiger partial charge in [-0.25, -0.2) is 19.9 Å². The highest BCUT2D eigenvalue weighted by Gasteiger charge is 2.34.